The third-order valence-corrected chi connectivity index (χ3v) is 4.33. The summed E-state index contributed by atoms with van der Waals surface area (Å²) in [5.41, 5.74) is 3.74. The van der Waals surface area contributed by atoms with Gasteiger partial charge in [-0.2, -0.15) is 0 Å². The molecular weight excluding hydrogens is 364 g/mol. The minimum atomic E-state index is -3.41. The second-order valence-corrected chi connectivity index (χ2v) is 7.75. The number of aromatic nitrogens is 2. The lowest BCUT2D eigenvalue weighted by atomic mass is 10.0. The maximum absolute atomic E-state index is 12.4. The van der Waals surface area contributed by atoms with E-state index in [1.165, 1.54) is 18.3 Å². The molecule has 0 aliphatic rings. The van der Waals surface area contributed by atoms with Crippen molar-refractivity contribution in [1.29, 1.82) is 0 Å². The van der Waals surface area contributed by atoms with Gasteiger partial charge in [0.2, 0.25) is 10.0 Å². The topological polar surface area (TPSA) is 101 Å². The quantitative estimate of drug-likeness (QED) is 0.706. The fourth-order valence-corrected chi connectivity index (χ4v) is 2.98. The van der Waals surface area contributed by atoms with Gasteiger partial charge >= 0.3 is 0 Å². The van der Waals surface area contributed by atoms with Crippen molar-refractivity contribution >= 4 is 27.4 Å². The predicted molar refractivity (Wildman–Crippen MR) is 105 cm³/mol. The Morgan fingerprint density at radius 2 is 1.85 bits per heavy atom. The van der Waals surface area contributed by atoms with Gasteiger partial charge in [0, 0.05) is 23.6 Å². The normalized spacial score (nSPS) is 11.0. The number of carbonyl (C=O) groups excluding carboxylic acids is 1. The number of rotatable bonds is 5. The van der Waals surface area contributed by atoms with Crippen LogP contribution in [0.2, 0.25) is 0 Å². The molecule has 0 aliphatic carbocycles. The van der Waals surface area contributed by atoms with Gasteiger partial charge in [-0.15, -0.1) is 0 Å². The van der Waals surface area contributed by atoms with Gasteiger partial charge in [-0.05, 0) is 48.9 Å². The van der Waals surface area contributed by atoms with Gasteiger partial charge in [-0.1, -0.05) is 12.1 Å². The number of nitrogens with one attached hydrogen (secondary N) is 2. The molecule has 0 fully saturated rings. The number of aryl methyl sites for hydroxylation is 1. The van der Waals surface area contributed by atoms with Crippen molar-refractivity contribution in [3.63, 3.8) is 0 Å². The van der Waals surface area contributed by atoms with Gasteiger partial charge in [-0.25, -0.2) is 13.4 Å². The molecule has 1 aromatic carbocycles. The molecule has 2 aromatic heterocycles. The van der Waals surface area contributed by atoms with E-state index in [4.69, 9.17) is 0 Å². The molecule has 0 aliphatic heterocycles. The molecule has 27 heavy (non-hydrogen) atoms. The van der Waals surface area contributed by atoms with Crippen LogP contribution in [0.5, 0.6) is 0 Å². The summed E-state index contributed by atoms with van der Waals surface area (Å²) in [5, 5.41) is 2.82. The van der Waals surface area contributed by atoms with Gasteiger partial charge in [0.05, 0.1) is 17.5 Å². The fourth-order valence-electron chi connectivity index (χ4n) is 2.48. The Morgan fingerprint density at radius 1 is 1.04 bits per heavy atom. The molecule has 1 amide bonds. The highest BCUT2D eigenvalue weighted by atomic mass is 32.2. The average Bonchev–Trinajstić information content (AvgIpc) is 2.63. The van der Waals surface area contributed by atoms with Gasteiger partial charge in [0.25, 0.3) is 5.91 Å². The molecule has 0 radical (unpaired) electrons. The molecule has 0 saturated heterocycles. The van der Waals surface area contributed by atoms with E-state index in [9.17, 15) is 13.2 Å². The number of hydrogen-bond acceptors (Lipinski definition) is 5. The highest BCUT2D eigenvalue weighted by molar-refractivity contribution is 7.92. The van der Waals surface area contributed by atoms with E-state index in [1.807, 2.05) is 43.3 Å². The molecule has 3 rings (SSSR count). The van der Waals surface area contributed by atoms with Crippen LogP contribution in [0.15, 0.2) is 60.9 Å². The molecule has 0 saturated carbocycles. The number of pyridine rings is 2. The molecular formula is C19H18N4O3S. The zero-order chi connectivity index (χ0) is 19.4. The second kappa shape index (κ2) is 7.55. The van der Waals surface area contributed by atoms with Crippen LogP contribution in [-0.2, 0) is 10.0 Å². The van der Waals surface area contributed by atoms with Crippen LogP contribution in [0.3, 0.4) is 0 Å². The minimum absolute atomic E-state index is 0.154. The standard InChI is InChI=1S/C19H18N4O3S/c1-13-6-8-15(11-16(13)17-5-3-4-10-20-17)22-19(24)14-7-9-18(21-12-14)23-27(2,25)26/h3-12H,1-2H3,(H,21,23)(H,22,24). The van der Waals surface area contributed by atoms with E-state index >= 15 is 0 Å². The Balaban J connectivity index is 1.78. The van der Waals surface area contributed by atoms with E-state index in [-0.39, 0.29) is 11.7 Å². The lowest BCUT2D eigenvalue weighted by Gasteiger charge is -2.10. The Hall–Kier alpha value is -3.26. The van der Waals surface area contributed by atoms with Crippen molar-refractivity contribution in [2.45, 2.75) is 6.92 Å². The summed E-state index contributed by atoms with van der Waals surface area (Å²) in [6.45, 7) is 1.98. The van der Waals surface area contributed by atoms with E-state index in [0.717, 1.165) is 23.1 Å². The summed E-state index contributed by atoms with van der Waals surface area (Å²) in [7, 11) is -3.41. The van der Waals surface area contributed by atoms with Crippen LogP contribution < -0.4 is 10.0 Å². The summed E-state index contributed by atoms with van der Waals surface area (Å²) in [6.07, 6.45) is 4.07. The molecule has 8 heteroatoms. The van der Waals surface area contributed by atoms with Gasteiger partial charge < -0.3 is 5.32 Å². The van der Waals surface area contributed by atoms with Crippen LogP contribution in [0.4, 0.5) is 11.5 Å². The molecule has 2 N–H and O–H groups in total. The van der Waals surface area contributed by atoms with Crippen molar-refractivity contribution in [2.75, 3.05) is 16.3 Å². The van der Waals surface area contributed by atoms with E-state index in [0.29, 0.717) is 11.3 Å². The van der Waals surface area contributed by atoms with E-state index in [1.54, 1.807) is 6.20 Å². The lowest BCUT2D eigenvalue weighted by molar-refractivity contribution is 0.102. The molecule has 138 valence electrons. The van der Waals surface area contributed by atoms with Crippen LogP contribution in [0, 0.1) is 6.92 Å². The van der Waals surface area contributed by atoms with Crippen molar-refractivity contribution in [1.82, 2.24) is 9.97 Å². The number of nitrogens with zero attached hydrogens (tertiary/aromatic N) is 2. The van der Waals surface area contributed by atoms with E-state index in [2.05, 4.69) is 20.0 Å². The molecule has 2 heterocycles. The first-order valence-electron chi connectivity index (χ1n) is 8.09. The van der Waals surface area contributed by atoms with E-state index < -0.39 is 10.0 Å². The number of carbonyl (C=O) groups is 1. The first-order chi connectivity index (χ1) is 12.8. The Labute approximate surface area is 157 Å². The van der Waals surface area contributed by atoms with Crippen molar-refractivity contribution in [2.24, 2.45) is 0 Å². The van der Waals surface area contributed by atoms with Crippen molar-refractivity contribution in [3.8, 4) is 11.3 Å². The largest absolute Gasteiger partial charge is 0.322 e. The van der Waals surface area contributed by atoms with Gasteiger partial charge in [0.15, 0.2) is 0 Å². The molecule has 7 nitrogen and oxygen atoms in total. The highest BCUT2D eigenvalue weighted by Crippen LogP contribution is 2.25. The summed E-state index contributed by atoms with van der Waals surface area (Å²) < 4.78 is 24.7. The molecule has 0 bridgehead atoms. The number of amides is 1. The van der Waals surface area contributed by atoms with Crippen LogP contribution in [0.1, 0.15) is 15.9 Å². The fraction of sp³-hybridized carbons (Fsp3) is 0.105. The first kappa shape index (κ1) is 18.5. The molecule has 0 atom stereocenters. The maximum atomic E-state index is 12.4. The summed E-state index contributed by atoms with van der Waals surface area (Å²) >= 11 is 0. The van der Waals surface area contributed by atoms with Crippen LogP contribution in [-0.4, -0.2) is 30.5 Å². The Bertz CT molecular complexity index is 1070. The number of benzene rings is 1. The Kier molecular flexibility index (Phi) is 5.18. The van der Waals surface area contributed by atoms with Crippen LogP contribution in [0.25, 0.3) is 11.3 Å². The van der Waals surface area contributed by atoms with Gasteiger partial charge in [0.1, 0.15) is 5.82 Å². The average molecular weight is 382 g/mol. The summed E-state index contributed by atoms with van der Waals surface area (Å²) in [5.74, 6) is -0.189. The smallest absolute Gasteiger partial charge is 0.257 e. The highest BCUT2D eigenvalue weighted by Gasteiger charge is 2.10. The van der Waals surface area contributed by atoms with Crippen LogP contribution >= 0.6 is 0 Å². The van der Waals surface area contributed by atoms with Crippen molar-refractivity contribution in [3.05, 3.63) is 72.1 Å². The number of sulfonamides is 1. The van der Waals surface area contributed by atoms with Crippen molar-refractivity contribution < 1.29 is 13.2 Å². The number of anilines is 2. The minimum Gasteiger partial charge on any atom is -0.322 e. The lowest BCUT2D eigenvalue weighted by Crippen LogP contribution is -2.14. The zero-order valence-electron chi connectivity index (χ0n) is 14.8. The summed E-state index contributed by atoms with van der Waals surface area (Å²) in [6, 6.07) is 14.2. The van der Waals surface area contributed by atoms with Gasteiger partial charge in [-0.3, -0.25) is 14.5 Å². The third kappa shape index (κ3) is 4.89. The predicted octanol–water partition coefficient (Wildman–Crippen LogP) is 3.08. The second-order valence-electron chi connectivity index (χ2n) is 6.01. The monoisotopic (exact) mass is 382 g/mol. The first-order valence-corrected chi connectivity index (χ1v) is 9.98. The third-order valence-electron chi connectivity index (χ3n) is 3.75. The zero-order valence-corrected chi connectivity index (χ0v) is 15.6. The molecule has 0 unspecified atom stereocenters. The SMILES string of the molecule is Cc1ccc(NC(=O)c2ccc(NS(C)(=O)=O)nc2)cc1-c1ccccn1. The molecule has 3 aromatic rings. The summed E-state index contributed by atoms with van der Waals surface area (Å²) in [4.78, 5) is 20.7. The maximum Gasteiger partial charge on any atom is 0.257 e. The Morgan fingerprint density at radius 3 is 2.48 bits per heavy atom. The molecule has 0 spiro atoms. The number of hydrogen-bond donors (Lipinski definition) is 2.